The second kappa shape index (κ2) is 7.70. The maximum Gasteiger partial charge on any atom is 0.320 e. The molecule has 0 saturated carbocycles. The number of carbonyl (C=O) groups is 2. The zero-order valence-corrected chi connectivity index (χ0v) is 12.8. The Morgan fingerprint density at radius 3 is 2.11 bits per heavy atom. The van der Waals surface area contributed by atoms with Gasteiger partial charge in [0, 0.05) is 0 Å². The fourth-order valence-corrected chi connectivity index (χ4v) is 1.60. The third kappa shape index (κ3) is 5.79. The lowest BCUT2D eigenvalue weighted by Crippen LogP contribution is -2.43. The Bertz CT molecular complexity index is 325. The van der Waals surface area contributed by atoms with Gasteiger partial charge in [0.1, 0.15) is 0 Å². The van der Waals surface area contributed by atoms with E-state index in [1.165, 1.54) is 0 Å². The number of nitrogens with zero attached hydrogens (tertiary/aromatic N) is 1. The molecule has 0 radical (unpaired) electrons. The van der Waals surface area contributed by atoms with E-state index in [1.807, 2.05) is 0 Å². The van der Waals surface area contributed by atoms with Gasteiger partial charge in [-0.15, -0.1) is 0 Å². The Balaban J connectivity index is 4.89. The van der Waals surface area contributed by atoms with Gasteiger partial charge in [0.05, 0.1) is 46.5 Å². The Labute approximate surface area is 119 Å². The molecular formula is C11H20NO4S2+. The lowest BCUT2D eigenvalue weighted by atomic mass is 10.1. The minimum absolute atomic E-state index is 0.0121. The zero-order valence-electron chi connectivity index (χ0n) is 11.1. The van der Waals surface area contributed by atoms with Gasteiger partial charge in [-0.2, -0.15) is 0 Å². The molecule has 0 aliphatic rings. The monoisotopic (exact) mass is 294 g/mol. The van der Waals surface area contributed by atoms with Gasteiger partial charge < -0.3 is 9.47 Å². The van der Waals surface area contributed by atoms with E-state index >= 15 is 0 Å². The molecule has 0 aliphatic heterocycles. The van der Waals surface area contributed by atoms with Crippen molar-refractivity contribution in [3.05, 3.63) is 0 Å². The average molecular weight is 294 g/mol. The zero-order chi connectivity index (χ0) is 14.3. The molecule has 7 heteroatoms. The van der Waals surface area contributed by atoms with Gasteiger partial charge in [-0.25, -0.2) is 3.89 Å². The first-order chi connectivity index (χ1) is 8.23. The van der Waals surface area contributed by atoms with Crippen LogP contribution in [0.3, 0.4) is 0 Å². The van der Waals surface area contributed by atoms with Crippen LogP contribution in [0.25, 0.3) is 0 Å². The van der Waals surface area contributed by atoms with Crippen molar-refractivity contribution in [2.45, 2.75) is 20.3 Å². The summed E-state index contributed by atoms with van der Waals surface area (Å²) in [6.45, 7) is 3.90. The predicted molar refractivity (Wildman–Crippen MR) is 75.1 cm³/mol. The summed E-state index contributed by atoms with van der Waals surface area (Å²) in [6.07, 6.45) is -0.117. The Morgan fingerprint density at radius 1 is 1.22 bits per heavy atom. The highest BCUT2D eigenvalue weighted by molar-refractivity contribution is 7.82. The summed E-state index contributed by atoms with van der Waals surface area (Å²) >= 11 is 9.46. The largest absolute Gasteiger partial charge is 0.466 e. The summed E-state index contributed by atoms with van der Waals surface area (Å²) in [5, 5.41) is 0. The number of esters is 2. The normalized spacial score (nSPS) is 12.7. The van der Waals surface area contributed by atoms with Crippen LogP contribution in [-0.4, -0.2) is 48.1 Å². The highest BCUT2D eigenvalue weighted by Crippen LogP contribution is 2.19. The van der Waals surface area contributed by atoms with E-state index in [0.29, 0.717) is 4.99 Å². The van der Waals surface area contributed by atoms with Gasteiger partial charge >= 0.3 is 11.9 Å². The van der Waals surface area contributed by atoms with Gasteiger partial charge in [0.2, 0.25) is 0 Å². The molecule has 0 aliphatic carbocycles. The molecule has 0 saturated heterocycles. The molecule has 5 nitrogen and oxygen atoms in total. The second-order valence-corrected chi connectivity index (χ2v) is 5.46. The van der Waals surface area contributed by atoms with Crippen molar-refractivity contribution in [3.8, 4) is 0 Å². The first kappa shape index (κ1) is 17.3. The molecule has 0 aromatic heterocycles. The molecule has 0 fully saturated rings. The van der Waals surface area contributed by atoms with Crippen LogP contribution in [0.5, 0.6) is 0 Å². The van der Waals surface area contributed by atoms with Crippen LogP contribution >= 0.6 is 25.0 Å². The lowest BCUT2D eigenvalue weighted by Gasteiger charge is -2.25. The summed E-state index contributed by atoms with van der Waals surface area (Å²) in [6, 6.07) is 0. The summed E-state index contributed by atoms with van der Waals surface area (Å²) in [7, 11) is 3.42. The average Bonchev–Trinajstić information content (AvgIpc) is 2.24. The first-order valence-corrected chi connectivity index (χ1v) is 6.48. The van der Waals surface area contributed by atoms with Crippen molar-refractivity contribution in [3.63, 3.8) is 0 Å². The molecule has 0 N–H and O–H groups in total. The molecule has 0 bridgehead atoms. The van der Waals surface area contributed by atoms with Crippen molar-refractivity contribution in [2.75, 3.05) is 27.3 Å². The molecule has 1 unspecified atom stereocenters. The molecule has 1 atom stereocenters. The molecule has 0 amide bonds. The number of hydrogen-bond donors (Lipinski definition) is 1. The van der Waals surface area contributed by atoms with Crippen LogP contribution in [0.2, 0.25) is 0 Å². The van der Waals surface area contributed by atoms with Crippen molar-refractivity contribution < 1.29 is 23.0 Å². The molecule has 0 aromatic rings. The quantitative estimate of drug-likeness (QED) is 0.347. The number of quaternary nitrogens is 1. The van der Waals surface area contributed by atoms with E-state index in [2.05, 4.69) is 12.8 Å². The van der Waals surface area contributed by atoms with Crippen LogP contribution in [0, 0.1) is 5.92 Å². The number of ether oxygens (including phenoxy) is 2. The minimum Gasteiger partial charge on any atom is -0.466 e. The molecular weight excluding hydrogens is 274 g/mol. The molecule has 18 heavy (non-hydrogen) atoms. The van der Waals surface area contributed by atoms with Crippen molar-refractivity contribution in [2.24, 2.45) is 5.92 Å². The minimum atomic E-state index is -0.813. The molecule has 0 aromatic carbocycles. The van der Waals surface area contributed by atoms with Crippen LogP contribution in [0.4, 0.5) is 0 Å². The molecule has 0 rings (SSSR count). The van der Waals surface area contributed by atoms with E-state index in [0.717, 1.165) is 0 Å². The van der Waals surface area contributed by atoms with Gasteiger partial charge in [0.15, 0.2) is 10.9 Å². The highest BCUT2D eigenvalue weighted by atomic mass is 32.1. The lowest BCUT2D eigenvalue weighted by molar-refractivity contribution is -0.642. The van der Waals surface area contributed by atoms with Gasteiger partial charge in [-0.05, 0) is 26.1 Å². The standard InChI is InChI=1S/C11H20NO4S2/c1-5-15-9(13)7-8(11(14)16-6-2)10(17)12(3,4)18/h8,18H,5-7H2,1-4H3/q+1. The Kier molecular flexibility index (Phi) is 7.42. The third-order valence-corrected chi connectivity index (χ3v) is 3.18. The number of thiol groups is 1. The van der Waals surface area contributed by atoms with E-state index in [4.69, 9.17) is 21.7 Å². The third-order valence-electron chi connectivity index (χ3n) is 2.08. The first-order valence-electron chi connectivity index (χ1n) is 5.67. The topological polar surface area (TPSA) is 52.6 Å². The maximum atomic E-state index is 11.8. The van der Waals surface area contributed by atoms with E-state index in [-0.39, 0.29) is 23.5 Å². The predicted octanol–water partition coefficient (Wildman–Crippen LogP) is 1.37. The summed E-state index contributed by atoms with van der Waals surface area (Å²) in [5.74, 6) is -1.80. The smallest absolute Gasteiger partial charge is 0.320 e. The second-order valence-electron chi connectivity index (χ2n) is 4.05. The summed E-state index contributed by atoms with van der Waals surface area (Å²) in [4.78, 5) is 23.6. The van der Waals surface area contributed by atoms with Gasteiger partial charge in [0.25, 0.3) is 0 Å². The fraction of sp³-hybridized carbons (Fsp3) is 0.727. The number of hydrogen-bond acceptors (Lipinski definition) is 6. The molecule has 0 spiro atoms. The van der Waals surface area contributed by atoms with Crippen LogP contribution in [-0.2, 0) is 19.1 Å². The van der Waals surface area contributed by atoms with Crippen molar-refractivity contribution >= 4 is 42.0 Å². The summed E-state index contributed by atoms with van der Waals surface area (Å²) < 4.78 is 9.76. The van der Waals surface area contributed by atoms with Gasteiger partial charge in [-0.3, -0.25) is 9.59 Å². The van der Waals surface area contributed by atoms with Gasteiger partial charge in [-0.1, -0.05) is 0 Å². The number of carbonyl (C=O) groups excluding carboxylic acids is 2. The fourth-order valence-electron chi connectivity index (χ4n) is 1.28. The van der Waals surface area contributed by atoms with Crippen molar-refractivity contribution in [1.29, 1.82) is 0 Å². The van der Waals surface area contributed by atoms with E-state index in [9.17, 15) is 9.59 Å². The van der Waals surface area contributed by atoms with Crippen LogP contribution in [0.15, 0.2) is 0 Å². The van der Waals surface area contributed by atoms with E-state index < -0.39 is 17.9 Å². The SMILES string of the molecule is CCOC(=O)CC(C(=O)OCC)C(=S)[N+](C)(C)S. The molecule has 104 valence electrons. The van der Waals surface area contributed by atoms with E-state index in [1.54, 1.807) is 27.9 Å². The Hall–Kier alpha value is -0.660. The number of rotatable bonds is 6. The van der Waals surface area contributed by atoms with Crippen molar-refractivity contribution in [1.82, 2.24) is 0 Å². The van der Waals surface area contributed by atoms with Crippen LogP contribution < -0.4 is 0 Å². The maximum absolute atomic E-state index is 11.8. The van der Waals surface area contributed by atoms with Crippen LogP contribution in [0.1, 0.15) is 20.3 Å². The summed E-state index contributed by atoms with van der Waals surface area (Å²) in [5.41, 5.74) is 0. The highest BCUT2D eigenvalue weighted by Gasteiger charge is 2.37. The number of thiocarbonyl (C=S) groups is 1. The molecule has 0 heterocycles. The Morgan fingerprint density at radius 2 is 1.72 bits per heavy atom.